The Labute approximate surface area is 424 Å². The largest absolute Gasteiger partial charge is 0.477 e. The Hall–Kier alpha value is -3.27. The quantitative estimate of drug-likeness (QED) is 0.0211. The van der Waals surface area contributed by atoms with Crippen LogP contribution >= 0.6 is 0 Å². The number of carboxylic acids is 1. The SMILES string of the molecule is CCCCC/C=C\C/C=C\C/C=C\CCCCCCCCC(=O)OCC(COC(OCC[N+](C)(C)C)C(=O)O)OC(=O)CCCCCCCCCCCC/C=C\C/C=C\C/C=C\CCCCCCC. The summed E-state index contributed by atoms with van der Waals surface area (Å²) in [5.74, 6) is -2.03. The molecule has 0 heterocycles. The molecule has 9 nitrogen and oxygen atoms in total. The van der Waals surface area contributed by atoms with Crippen molar-refractivity contribution in [3.8, 4) is 0 Å². The maximum atomic E-state index is 12.9. The molecule has 2 unspecified atom stereocenters. The van der Waals surface area contributed by atoms with Crippen molar-refractivity contribution in [1.82, 2.24) is 0 Å². The van der Waals surface area contributed by atoms with Gasteiger partial charge in [0.05, 0.1) is 34.4 Å². The number of ether oxygens (including phenoxy) is 4. The lowest BCUT2D eigenvalue weighted by atomic mass is 10.0. The second-order valence-electron chi connectivity index (χ2n) is 19.9. The van der Waals surface area contributed by atoms with Crippen LogP contribution in [-0.2, 0) is 33.3 Å². The Kier molecular flexibility index (Phi) is 48.7. The third kappa shape index (κ3) is 52.4. The lowest BCUT2D eigenvalue weighted by molar-refractivity contribution is -0.870. The van der Waals surface area contributed by atoms with Crippen LogP contribution in [0.4, 0.5) is 0 Å². The first-order valence-corrected chi connectivity index (χ1v) is 28.1. The lowest BCUT2D eigenvalue weighted by Crippen LogP contribution is -2.40. The summed E-state index contributed by atoms with van der Waals surface area (Å²) in [7, 11) is 5.96. The van der Waals surface area contributed by atoms with Crippen LogP contribution in [0.3, 0.4) is 0 Å². The molecule has 0 radical (unpaired) electrons. The molecule has 0 fully saturated rings. The molecule has 0 amide bonds. The molecule has 9 heteroatoms. The molecule has 0 saturated carbocycles. The summed E-state index contributed by atoms with van der Waals surface area (Å²) in [4.78, 5) is 37.4. The highest BCUT2D eigenvalue weighted by atomic mass is 16.7. The molecule has 0 bridgehead atoms. The van der Waals surface area contributed by atoms with E-state index in [1.807, 2.05) is 21.1 Å². The van der Waals surface area contributed by atoms with E-state index in [0.29, 0.717) is 17.4 Å². The number of hydrogen-bond donors (Lipinski definition) is 1. The number of nitrogens with zero attached hydrogens (tertiary/aromatic N) is 1. The Morgan fingerprint density at radius 1 is 0.435 bits per heavy atom. The van der Waals surface area contributed by atoms with Crippen LogP contribution in [0.25, 0.3) is 0 Å². The molecule has 0 aliphatic rings. The number of hydrogen-bond acceptors (Lipinski definition) is 7. The van der Waals surface area contributed by atoms with Crippen molar-refractivity contribution in [3.05, 3.63) is 72.9 Å². The molecule has 0 spiro atoms. The van der Waals surface area contributed by atoms with E-state index in [9.17, 15) is 19.5 Å². The molecular weight excluding hydrogens is 863 g/mol. The van der Waals surface area contributed by atoms with Crippen molar-refractivity contribution in [1.29, 1.82) is 0 Å². The van der Waals surface area contributed by atoms with Gasteiger partial charge in [-0.2, -0.15) is 0 Å². The van der Waals surface area contributed by atoms with Crippen molar-refractivity contribution in [2.45, 2.75) is 245 Å². The molecule has 0 rings (SSSR count). The highest BCUT2D eigenvalue weighted by Gasteiger charge is 2.25. The van der Waals surface area contributed by atoms with Gasteiger partial charge in [-0.05, 0) is 89.9 Å². The second kappa shape index (κ2) is 51.1. The summed E-state index contributed by atoms with van der Waals surface area (Å²) in [6.45, 7) is 4.82. The van der Waals surface area contributed by atoms with E-state index in [2.05, 4.69) is 86.8 Å². The van der Waals surface area contributed by atoms with E-state index in [1.54, 1.807) is 0 Å². The zero-order valence-electron chi connectivity index (χ0n) is 45.2. The van der Waals surface area contributed by atoms with Crippen molar-refractivity contribution >= 4 is 17.9 Å². The molecule has 1 N–H and O–H groups in total. The predicted octanol–water partition coefficient (Wildman–Crippen LogP) is 16.2. The smallest absolute Gasteiger partial charge is 0.361 e. The Balaban J connectivity index is 4.31. The van der Waals surface area contributed by atoms with Crippen molar-refractivity contribution in [2.75, 3.05) is 47.5 Å². The van der Waals surface area contributed by atoms with E-state index in [1.165, 1.54) is 116 Å². The van der Waals surface area contributed by atoms with Crippen LogP contribution in [0.1, 0.15) is 232 Å². The van der Waals surface area contributed by atoms with Crippen LogP contribution in [-0.4, -0.2) is 87.4 Å². The number of quaternary nitrogens is 1. The van der Waals surface area contributed by atoms with E-state index in [-0.39, 0.29) is 38.6 Å². The van der Waals surface area contributed by atoms with E-state index < -0.39 is 24.3 Å². The lowest BCUT2D eigenvalue weighted by Gasteiger charge is -2.25. The number of carbonyl (C=O) groups is 3. The molecule has 0 aliphatic heterocycles. The Morgan fingerprint density at radius 3 is 1.19 bits per heavy atom. The summed E-state index contributed by atoms with van der Waals surface area (Å²) in [6, 6.07) is 0. The molecule has 69 heavy (non-hydrogen) atoms. The van der Waals surface area contributed by atoms with Gasteiger partial charge in [0.2, 0.25) is 0 Å². The highest BCUT2D eigenvalue weighted by molar-refractivity contribution is 5.71. The second-order valence-corrected chi connectivity index (χ2v) is 19.9. The molecule has 0 aromatic heterocycles. The van der Waals surface area contributed by atoms with Gasteiger partial charge < -0.3 is 28.5 Å². The summed E-state index contributed by atoms with van der Waals surface area (Å²) in [5, 5.41) is 9.69. The first kappa shape index (κ1) is 65.7. The van der Waals surface area contributed by atoms with Gasteiger partial charge >= 0.3 is 17.9 Å². The number of carboxylic acid groups (broad SMARTS) is 1. The monoisotopic (exact) mass is 969 g/mol. The number of allylic oxidation sites excluding steroid dienone is 12. The summed E-state index contributed by atoms with van der Waals surface area (Å²) in [5.41, 5.74) is 0. The number of aliphatic carboxylic acids is 1. The van der Waals surface area contributed by atoms with Gasteiger partial charge in [-0.25, -0.2) is 4.79 Å². The minimum absolute atomic E-state index is 0.181. The molecular formula is C60H106NO8+. The Bertz CT molecular complexity index is 1360. The van der Waals surface area contributed by atoms with Crippen molar-refractivity contribution in [3.63, 3.8) is 0 Å². The third-order valence-electron chi connectivity index (χ3n) is 11.9. The van der Waals surface area contributed by atoms with Gasteiger partial charge in [-0.15, -0.1) is 0 Å². The molecule has 0 aromatic carbocycles. The van der Waals surface area contributed by atoms with Gasteiger partial charge in [0, 0.05) is 12.8 Å². The average molecular weight is 970 g/mol. The van der Waals surface area contributed by atoms with E-state index in [4.69, 9.17) is 18.9 Å². The predicted molar refractivity (Wildman–Crippen MR) is 290 cm³/mol. The minimum Gasteiger partial charge on any atom is -0.477 e. The first-order valence-electron chi connectivity index (χ1n) is 28.1. The van der Waals surface area contributed by atoms with Gasteiger partial charge in [0.1, 0.15) is 13.2 Å². The maximum absolute atomic E-state index is 12.9. The zero-order chi connectivity index (χ0) is 50.6. The molecule has 2 atom stereocenters. The van der Waals surface area contributed by atoms with Gasteiger partial charge in [-0.3, -0.25) is 9.59 Å². The standard InChI is InChI=1S/C60H105NO8/c1-6-8-10-12-14-16-18-20-22-24-26-27-28-29-30-31-33-35-37-39-41-43-45-47-49-51-58(63)69-56(55-68-60(59(64)65)66-53-52-61(3,4)5)54-67-57(62)50-48-46-44-42-40-38-36-34-32-25-23-21-19-17-15-13-11-9-7-2/h15,17-18,20-21,23-24,26,28-29,32,34,56,60H,6-14,16,19,22,25,27,30-31,33,35-55H2,1-5H3/p+1/b17-15-,20-18-,23-21-,26-24-,29-28-,34-32-. The normalized spacial score (nSPS) is 13.3. The fourth-order valence-corrected chi connectivity index (χ4v) is 7.56. The molecule has 0 aromatic rings. The number of rotatable bonds is 51. The van der Waals surface area contributed by atoms with Gasteiger partial charge in [0.15, 0.2) is 6.10 Å². The zero-order valence-corrected chi connectivity index (χ0v) is 45.2. The summed E-state index contributed by atoms with van der Waals surface area (Å²) >= 11 is 0. The highest BCUT2D eigenvalue weighted by Crippen LogP contribution is 2.15. The van der Waals surface area contributed by atoms with Crippen molar-refractivity contribution in [2.24, 2.45) is 0 Å². The molecule has 0 aliphatic carbocycles. The van der Waals surface area contributed by atoms with Gasteiger partial charge in [0.25, 0.3) is 6.29 Å². The van der Waals surface area contributed by atoms with Crippen LogP contribution in [0.5, 0.6) is 0 Å². The van der Waals surface area contributed by atoms with E-state index in [0.717, 1.165) is 83.5 Å². The number of likely N-dealkylation sites (N-methyl/N-ethyl adjacent to an activating group) is 1. The molecule has 0 saturated heterocycles. The van der Waals surface area contributed by atoms with Crippen molar-refractivity contribution < 1.29 is 42.9 Å². The van der Waals surface area contributed by atoms with E-state index >= 15 is 0 Å². The number of unbranched alkanes of at least 4 members (excludes halogenated alkanes) is 24. The first-order chi connectivity index (χ1) is 33.6. The summed E-state index contributed by atoms with van der Waals surface area (Å²) in [6.07, 6.45) is 62.5. The van der Waals surface area contributed by atoms with Crippen LogP contribution in [0, 0.1) is 0 Å². The average Bonchev–Trinajstić information content (AvgIpc) is 3.31. The number of esters is 2. The summed E-state index contributed by atoms with van der Waals surface area (Å²) < 4.78 is 22.8. The molecule has 398 valence electrons. The minimum atomic E-state index is -1.52. The Morgan fingerprint density at radius 2 is 0.783 bits per heavy atom. The fourth-order valence-electron chi connectivity index (χ4n) is 7.56. The maximum Gasteiger partial charge on any atom is 0.361 e. The fraction of sp³-hybridized carbons (Fsp3) is 0.750. The third-order valence-corrected chi connectivity index (χ3v) is 11.9. The van der Waals surface area contributed by atoms with Crippen LogP contribution < -0.4 is 0 Å². The number of carbonyl (C=O) groups excluding carboxylic acids is 2. The van der Waals surface area contributed by atoms with Gasteiger partial charge in [-0.1, -0.05) is 202 Å². The van der Waals surface area contributed by atoms with Crippen LogP contribution in [0.2, 0.25) is 0 Å². The topological polar surface area (TPSA) is 108 Å². The van der Waals surface area contributed by atoms with Crippen LogP contribution in [0.15, 0.2) is 72.9 Å².